The summed E-state index contributed by atoms with van der Waals surface area (Å²) in [5, 5.41) is 0. The highest BCUT2D eigenvalue weighted by Crippen LogP contribution is 2.30. The highest BCUT2D eigenvalue weighted by molar-refractivity contribution is 5.55. The Morgan fingerprint density at radius 1 is 0.769 bits per heavy atom. The smallest absolute Gasteiger partial charge is 0.160 e. The Morgan fingerprint density at radius 2 is 1.27 bits per heavy atom. The summed E-state index contributed by atoms with van der Waals surface area (Å²) in [7, 11) is 6.45. The van der Waals surface area contributed by atoms with Crippen LogP contribution in [0.25, 0.3) is 0 Å². The molecule has 0 heterocycles. The fraction of sp³-hybridized carbons (Fsp3) is 0.381. The van der Waals surface area contributed by atoms with E-state index in [9.17, 15) is 4.79 Å². The van der Waals surface area contributed by atoms with E-state index in [-0.39, 0.29) is 5.92 Å². The van der Waals surface area contributed by atoms with Gasteiger partial charge in [0.15, 0.2) is 23.0 Å². The van der Waals surface area contributed by atoms with Crippen LogP contribution in [-0.4, -0.2) is 34.7 Å². The summed E-state index contributed by atoms with van der Waals surface area (Å²) in [5.74, 6) is 2.70. The van der Waals surface area contributed by atoms with Crippen LogP contribution in [0.1, 0.15) is 17.5 Å². The molecule has 26 heavy (non-hydrogen) atoms. The Kier molecular flexibility index (Phi) is 7.33. The molecule has 0 radical (unpaired) electrons. The summed E-state index contributed by atoms with van der Waals surface area (Å²) < 4.78 is 21.2. The topological polar surface area (TPSA) is 54.0 Å². The summed E-state index contributed by atoms with van der Waals surface area (Å²) in [6, 6.07) is 11.6. The molecule has 0 aromatic heterocycles. The van der Waals surface area contributed by atoms with Crippen LogP contribution in [0.5, 0.6) is 23.0 Å². The maximum atomic E-state index is 11.5. The SMILES string of the molecule is COc1ccc(CCC(C=O)Cc2ccc(OC)c(OC)c2)cc1OC. The van der Waals surface area contributed by atoms with E-state index in [1.165, 1.54) is 0 Å². The molecule has 2 aromatic carbocycles. The third kappa shape index (κ3) is 4.91. The molecule has 0 aliphatic carbocycles. The molecule has 5 nitrogen and oxygen atoms in total. The van der Waals surface area contributed by atoms with Crippen molar-refractivity contribution in [2.24, 2.45) is 5.92 Å². The zero-order chi connectivity index (χ0) is 18.9. The molecule has 1 unspecified atom stereocenters. The van der Waals surface area contributed by atoms with Crippen LogP contribution in [0.3, 0.4) is 0 Å². The predicted octanol–water partition coefficient (Wildman–Crippen LogP) is 3.71. The number of hydrogen-bond acceptors (Lipinski definition) is 5. The van der Waals surface area contributed by atoms with Crippen molar-refractivity contribution in [3.05, 3.63) is 47.5 Å². The minimum absolute atomic E-state index is 0.0683. The van der Waals surface area contributed by atoms with Crippen LogP contribution in [0, 0.1) is 5.92 Å². The van der Waals surface area contributed by atoms with Gasteiger partial charge in [0.1, 0.15) is 6.29 Å². The lowest BCUT2D eigenvalue weighted by Crippen LogP contribution is -2.08. The lowest BCUT2D eigenvalue weighted by atomic mass is 9.94. The van der Waals surface area contributed by atoms with Gasteiger partial charge in [-0.25, -0.2) is 0 Å². The van der Waals surface area contributed by atoms with Crippen LogP contribution in [-0.2, 0) is 17.6 Å². The lowest BCUT2D eigenvalue weighted by Gasteiger charge is -2.14. The van der Waals surface area contributed by atoms with E-state index in [4.69, 9.17) is 18.9 Å². The van der Waals surface area contributed by atoms with Crippen LogP contribution in [0.2, 0.25) is 0 Å². The van der Waals surface area contributed by atoms with Crippen LogP contribution < -0.4 is 18.9 Å². The molecule has 0 bridgehead atoms. The number of aldehydes is 1. The van der Waals surface area contributed by atoms with Gasteiger partial charge in [-0.2, -0.15) is 0 Å². The largest absolute Gasteiger partial charge is 0.493 e. The van der Waals surface area contributed by atoms with Crippen molar-refractivity contribution >= 4 is 6.29 Å². The Hall–Kier alpha value is -2.69. The Bertz CT molecular complexity index is 726. The van der Waals surface area contributed by atoms with Gasteiger partial charge in [-0.05, 0) is 54.7 Å². The number of aryl methyl sites for hydroxylation is 1. The molecule has 1 atom stereocenters. The monoisotopic (exact) mass is 358 g/mol. The van der Waals surface area contributed by atoms with Gasteiger partial charge >= 0.3 is 0 Å². The molecule has 0 N–H and O–H groups in total. The number of methoxy groups -OCH3 is 4. The second-order valence-corrected chi connectivity index (χ2v) is 6.02. The van der Waals surface area contributed by atoms with Gasteiger partial charge in [0.05, 0.1) is 28.4 Å². The van der Waals surface area contributed by atoms with E-state index in [1.54, 1.807) is 28.4 Å². The van der Waals surface area contributed by atoms with E-state index in [2.05, 4.69) is 0 Å². The van der Waals surface area contributed by atoms with Gasteiger partial charge in [-0.3, -0.25) is 0 Å². The molecule has 0 saturated carbocycles. The number of ether oxygens (including phenoxy) is 4. The van der Waals surface area contributed by atoms with Crippen molar-refractivity contribution < 1.29 is 23.7 Å². The average molecular weight is 358 g/mol. The molecular weight excluding hydrogens is 332 g/mol. The summed E-state index contributed by atoms with van der Waals surface area (Å²) >= 11 is 0. The van der Waals surface area contributed by atoms with Crippen LogP contribution in [0.15, 0.2) is 36.4 Å². The molecular formula is C21H26O5. The quantitative estimate of drug-likeness (QED) is 0.606. The van der Waals surface area contributed by atoms with E-state index in [1.807, 2.05) is 36.4 Å². The van der Waals surface area contributed by atoms with Crippen molar-refractivity contribution in [2.45, 2.75) is 19.3 Å². The summed E-state index contributed by atoms with van der Waals surface area (Å²) in [6.45, 7) is 0. The molecule has 0 aliphatic heterocycles. The van der Waals surface area contributed by atoms with Crippen molar-refractivity contribution in [1.82, 2.24) is 0 Å². The number of hydrogen-bond donors (Lipinski definition) is 0. The summed E-state index contributed by atoms with van der Waals surface area (Å²) in [4.78, 5) is 11.5. The van der Waals surface area contributed by atoms with Crippen LogP contribution >= 0.6 is 0 Å². The van der Waals surface area contributed by atoms with E-state index >= 15 is 0 Å². The number of carbonyl (C=O) groups excluding carboxylic acids is 1. The second-order valence-electron chi connectivity index (χ2n) is 6.02. The van der Waals surface area contributed by atoms with Crippen LogP contribution in [0.4, 0.5) is 0 Å². The lowest BCUT2D eigenvalue weighted by molar-refractivity contribution is -0.111. The van der Waals surface area contributed by atoms with Gasteiger partial charge in [0.2, 0.25) is 0 Å². The Labute approximate surface area is 154 Å². The average Bonchev–Trinajstić information content (AvgIpc) is 2.70. The molecule has 140 valence electrons. The van der Waals surface area contributed by atoms with Gasteiger partial charge < -0.3 is 23.7 Å². The highest BCUT2D eigenvalue weighted by atomic mass is 16.5. The predicted molar refractivity (Wildman–Crippen MR) is 101 cm³/mol. The highest BCUT2D eigenvalue weighted by Gasteiger charge is 2.13. The molecule has 0 aliphatic rings. The van der Waals surface area contributed by atoms with Gasteiger partial charge in [-0.15, -0.1) is 0 Å². The Balaban J connectivity index is 2.03. The molecule has 5 heteroatoms. The molecule has 0 fully saturated rings. The number of benzene rings is 2. The van der Waals surface area contributed by atoms with Gasteiger partial charge in [0.25, 0.3) is 0 Å². The van der Waals surface area contributed by atoms with Crippen molar-refractivity contribution in [1.29, 1.82) is 0 Å². The molecule has 0 saturated heterocycles. The number of carbonyl (C=O) groups is 1. The Morgan fingerprint density at radius 3 is 1.77 bits per heavy atom. The van der Waals surface area contributed by atoms with Gasteiger partial charge in [-0.1, -0.05) is 12.1 Å². The number of rotatable bonds is 10. The maximum Gasteiger partial charge on any atom is 0.160 e. The third-order valence-electron chi connectivity index (χ3n) is 4.39. The molecule has 2 rings (SSSR count). The first-order chi connectivity index (χ1) is 12.6. The fourth-order valence-electron chi connectivity index (χ4n) is 2.92. The van der Waals surface area contributed by atoms with Crippen molar-refractivity contribution in [3.63, 3.8) is 0 Å². The van der Waals surface area contributed by atoms with E-state index < -0.39 is 0 Å². The summed E-state index contributed by atoms with van der Waals surface area (Å²) in [5.41, 5.74) is 2.16. The van der Waals surface area contributed by atoms with Crippen molar-refractivity contribution in [2.75, 3.05) is 28.4 Å². The first-order valence-electron chi connectivity index (χ1n) is 8.52. The molecule has 2 aromatic rings. The fourth-order valence-corrected chi connectivity index (χ4v) is 2.92. The maximum absolute atomic E-state index is 11.5. The van der Waals surface area contributed by atoms with E-state index in [0.29, 0.717) is 29.4 Å². The van der Waals surface area contributed by atoms with Crippen molar-refractivity contribution in [3.8, 4) is 23.0 Å². The normalized spacial score (nSPS) is 11.5. The third-order valence-corrected chi connectivity index (χ3v) is 4.39. The summed E-state index contributed by atoms with van der Waals surface area (Å²) in [6.07, 6.45) is 3.24. The first-order valence-corrected chi connectivity index (χ1v) is 8.52. The minimum atomic E-state index is -0.0683. The first kappa shape index (κ1) is 19.6. The molecule has 0 amide bonds. The minimum Gasteiger partial charge on any atom is -0.493 e. The second kappa shape index (κ2) is 9.70. The molecule has 0 spiro atoms. The zero-order valence-corrected chi connectivity index (χ0v) is 15.8. The zero-order valence-electron chi connectivity index (χ0n) is 15.8. The van der Waals surface area contributed by atoms with Gasteiger partial charge in [0, 0.05) is 5.92 Å². The standard InChI is InChI=1S/C21H26O5/c1-23-18-9-7-15(12-20(18)25-3)5-6-17(14-22)11-16-8-10-19(24-2)21(13-16)26-4/h7-10,12-14,17H,5-6,11H2,1-4H3. The van der Waals surface area contributed by atoms with E-state index in [0.717, 1.165) is 30.3 Å².